The standard InChI is InChI=1S/C15H23BrO2/c1-6-10-18-14(15(2,3)4)11-8-7-9-12(16)13(11)17-5/h7-9,14H,6,10H2,1-5H3/t14-/m1/s1. The molecule has 0 aliphatic rings. The Morgan fingerprint density at radius 2 is 1.94 bits per heavy atom. The van der Waals surface area contributed by atoms with Gasteiger partial charge < -0.3 is 9.47 Å². The second-order valence-electron chi connectivity index (χ2n) is 5.48. The number of benzene rings is 1. The van der Waals surface area contributed by atoms with E-state index in [1.807, 2.05) is 12.1 Å². The summed E-state index contributed by atoms with van der Waals surface area (Å²) in [6.45, 7) is 9.45. The predicted molar refractivity (Wildman–Crippen MR) is 79.1 cm³/mol. The van der Waals surface area contributed by atoms with Gasteiger partial charge in [0.1, 0.15) is 5.75 Å². The molecule has 0 heterocycles. The molecule has 1 aromatic rings. The maximum Gasteiger partial charge on any atom is 0.138 e. The monoisotopic (exact) mass is 314 g/mol. The Hall–Kier alpha value is -0.540. The van der Waals surface area contributed by atoms with Crippen molar-refractivity contribution >= 4 is 15.9 Å². The summed E-state index contributed by atoms with van der Waals surface area (Å²) in [5.41, 5.74) is 1.14. The van der Waals surface area contributed by atoms with Gasteiger partial charge in [-0.3, -0.25) is 0 Å². The van der Waals surface area contributed by atoms with Crippen LogP contribution in [0, 0.1) is 5.41 Å². The smallest absolute Gasteiger partial charge is 0.138 e. The lowest BCUT2D eigenvalue weighted by atomic mass is 9.84. The molecule has 1 rings (SSSR count). The molecule has 102 valence electrons. The van der Waals surface area contributed by atoms with Crippen LogP contribution in [0.4, 0.5) is 0 Å². The molecular formula is C15H23BrO2. The van der Waals surface area contributed by atoms with Crippen LogP contribution in [0.5, 0.6) is 5.75 Å². The van der Waals surface area contributed by atoms with Crippen LogP contribution in [0.25, 0.3) is 0 Å². The lowest BCUT2D eigenvalue weighted by Gasteiger charge is -2.32. The lowest BCUT2D eigenvalue weighted by Crippen LogP contribution is -2.22. The summed E-state index contributed by atoms with van der Waals surface area (Å²) in [5.74, 6) is 0.869. The fourth-order valence-corrected chi connectivity index (χ4v) is 2.53. The van der Waals surface area contributed by atoms with Crippen molar-refractivity contribution in [3.05, 3.63) is 28.2 Å². The number of rotatable bonds is 5. The Morgan fingerprint density at radius 1 is 1.28 bits per heavy atom. The molecule has 0 radical (unpaired) electrons. The quantitative estimate of drug-likeness (QED) is 0.763. The third-order valence-electron chi connectivity index (χ3n) is 2.76. The molecular weight excluding hydrogens is 292 g/mol. The highest BCUT2D eigenvalue weighted by Gasteiger charge is 2.30. The molecule has 0 spiro atoms. The Bertz CT molecular complexity index is 383. The van der Waals surface area contributed by atoms with E-state index in [9.17, 15) is 0 Å². The molecule has 0 N–H and O–H groups in total. The van der Waals surface area contributed by atoms with Crippen molar-refractivity contribution in [3.63, 3.8) is 0 Å². The van der Waals surface area contributed by atoms with Crippen LogP contribution in [-0.2, 0) is 4.74 Å². The molecule has 0 unspecified atom stereocenters. The van der Waals surface area contributed by atoms with Gasteiger partial charge in [-0.2, -0.15) is 0 Å². The van der Waals surface area contributed by atoms with E-state index in [2.05, 4.69) is 49.7 Å². The van der Waals surface area contributed by atoms with E-state index in [4.69, 9.17) is 9.47 Å². The van der Waals surface area contributed by atoms with Crippen LogP contribution < -0.4 is 4.74 Å². The van der Waals surface area contributed by atoms with E-state index < -0.39 is 0 Å². The molecule has 2 nitrogen and oxygen atoms in total. The van der Waals surface area contributed by atoms with Crippen LogP contribution in [0.1, 0.15) is 45.8 Å². The Kier molecular flexibility index (Phi) is 5.67. The number of hydrogen-bond donors (Lipinski definition) is 0. The van der Waals surface area contributed by atoms with Crippen molar-refractivity contribution in [1.82, 2.24) is 0 Å². The van der Waals surface area contributed by atoms with E-state index in [1.54, 1.807) is 7.11 Å². The molecule has 0 aliphatic carbocycles. The maximum atomic E-state index is 6.04. The lowest BCUT2D eigenvalue weighted by molar-refractivity contribution is -0.0209. The molecule has 0 fully saturated rings. The first kappa shape index (κ1) is 15.5. The molecule has 3 heteroatoms. The van der Waals surface area contributed by atoms with Gasteiger partial charge in [-0.05, 0) is 33.8 Å². The number of halogens is 1. The van der Waals surface area contributed by atoms with Crippen LogP contribution >= 0.6 is 15.9 Å². The summed E-state index contributed by atoms with van der Waals surface area (Å²) in [5, 5.41) is 0. The van der Waals surface area contributed by atoms with Gasteiger partial charge in [0.05, 0.1) is 17.7 Å². The molecule has 0 saturated carbocycles. The molecule has 0 saturated heterocycles. The topological polar surface area (TPSA) is 18.5 Å². The first-order chi connectivity index (χ1) is 8.41. The highest BCUT2D eigenvalue weighted by atomic mass is 79.9. The van der Waals surface area contributed by atoms with Crippen molar-refractivity contribution in [1.29, 1.82) is 0 Å². The van der Waals surface area contributed by atoms with Crippen LogP contribution in [0.3, 0.4) is 0 Å². The van der Waals surface area contributed by atoms with Gasteiger partial charge >= 0.3 is 0 Å². The number of ether oxygens (including phenoxy) is 2. The van der Waals surface area contributed by atoms with Crippen LogP contribution in [-0.4, -0.2) is 13.7 Å². The Balaban J connectivity index is 3.16. The van der Waals surface area contributed by atoms with Gasteiger partial charge in [0.2, 0.25) is 0 Å². The summed E-state index contributed by atoms with van der Waals surface area (Å²) in [4.78, 5) is 0. The van der Waals surface area contributed by atoms with Crippen molar-refractivity contribution in [2.45, 2.75) is 40.2 Å². The second kappa shape index (κ2) is 6.58. The molecule has 0 aromatic heterocycles. The second-order valence-corrected chi connectivity index (χ2v) is 6.33. The van der Waals surface area contributed by atoms with Crippen molar-refractivity contribution in [3.8, 4) is 5.75 Å². The Labute approximate surface area is 119 Å². The van der Waals surface area contributed by atoms with E-state index in [0.717, 1.165) is 28.8 Å². The summed E-state index contributed by atoms with van der Waals surface area (Å²) >= 11 is 3.53. The van der Waals surface area contributed by atoms with Gasteiger partial charge in [0.25, 0.3) is 0 Å². The largest absolute Gasteiger partial charge is 0.495 e. The average molecular weight is 315 g/mol. The average Bonchev–Trinajstić information content (AvgIpc) is 2.28. The zero-order chi connectivity index (χ0) is 13.8. The van der Waals surface area contributed by atoms with Crippen molar-refractivity contribution in [2.75, 3.05) is 13.7 Å². The minimum Gasteiger partial charge on any atom is -0.495 e. The van der Waals surface area contributed by atoms with E-state index in [1.165, 1.54) is 0 Å². The predicted octanol–water partition coefficient (Wildman–Crippen LogP) is 4.97. The first-order valence-electron chi connectivity index (χ1n) is 6.35. The van der Waals surface area contributed by atoms with Gasteiger partial charge in [-0.1, -0.05) is 39.8 Å². The van der Waals surface area contributed by atoms with E-state index in [-0.39, 0.29) is 11.5 Å². The highest BCUT2D eigenvalue weighted by molar-refractivity contribution is 9.10. The van der Waals surface area contributed by atoms with E-state index in [0.29, 0.717) is 0 Å². The molecule has 0 amide bonds. The SMILES string of the molecule is CCCO[C@H](c1cccc(Br)c1OC)C(C)(C)C. The summed E-state index contributed by atoms with van der Waals surface area (Å²) in [6, 6.07) is 6.09. The molecule has 18 heavy (non-hydrogen) atoms. The molecule has 1 atom stereocenters. The van der Waals surface area contributed by atoms with Crippen molar-refractivity contribution < 1.29 is 9.47 Å². The van der Waals surface area contributed by atoms with Crippen LogP contribution in [0.2, 0.25) is 0 Å². The fourth-order valence-electron chi connectivity index (χ4n) is 1.99. The zero-order valence-corrected chi connectivity index (χ0v) is 13.5. The number of para-hydroxylation sites is 1. The normalized spacial score (nSPS) is 13.4. The highest BCUT2D eigenvalue weighted by Crippen LogP contribution is 2.42. The first-order valence-corrected chi connectivity index (χ1v) is 7.15. The minimum atomic E-state index is 0.0310. The van der Waals surface area contributed by atoms with Crippen molar-refractivity contribution in [2.24, 2.45) is 5.41 Å². The van der Waals surface area contributed by atoms with E-state index >= 15 is 0 Å². The number of methoxy groups -OCH3 is 1. The molecule has 0 aliphatic heterocycles. The zero-order valence-electron chi connectivity index (χ0n) is 11.9. The third kappa shape index (κ3) is 3.72. The fraction of sp³-hybridized carbons (Fsp3) is 0.600. The third-order valence-corrected chi connectivity index (χ3v) is 3.38. The number of hydrogen-bond acceptors (Lipinski definition) is 2. The van der Waals surface area contributed by atoms with Gasteiger partial charge in [0.15, 0.2) is 0 Å². The minimum absolute atomic E-state index is 0.0310. The molecule has 1 aromatic carbocycles. The van der Waals surface area contributed by atoms with Crippen LogP contribution in [0.15, 0.2) is 22.7 Å². The molecule has 0 bridgehead atoms. The van der Waals surface area contributed by atoms with Gasteiger partial charge in [-0.25, -0.2) is 0 Å². The summed E-state index contributed by atoms with van der Waals surface area (Å²) in [6.07, 6.45) is 1.05. The Morgan fingerprint density at radius 3 is 2.44 bits per heavy atom. The van der Waals surface area contributed by atoms with Gasteiger partial charge in [0, 0.05) is 12.2 Å². The maximum absolute atomic E-state index is 6.04. The summed E-state index contributed by atoms with van der Waals surface area (Å²) < 4.78 is 12.5. The summed E-state index contributed by atoms with van der Waals surface area (Å²) in [7, 11) is 1.70. The van der Waals surface area contributed by atoms with Gasteiger partial charge in [-0.15, -0.1) is 0 Å².